The summed E-state index contributed by atoms with van der Waals surface area (Å²) in [7, 11) is 1.33. The number of hydroxylamine groups is 1. The quantitative estimate of drug-likeness (QED) is 0.718. The highest BCUT2D eigenvalue weighted by Crippen LogP contribution is 2.20. The molecular formula is C11H15NO3. The van der Waals surface area contributed by atoms with Gasteiger partial charge in [0.15, 0.2) is 0 Å². The summed E-state index contributed by atoms with van der Waals surface area (Å²) in [6.45, 7) is 4.13. The third kappa shape index (κ3) is 2.70. The normalized spacial score (nSPS) is 9.80. The number of hydrogen-bond acceptors (Lipinski definition) is 3. The lowest BCUT2D eigenvalue weighted by Gasteiger charge is -2.20. The summed E-state index contributed by atoms with van der Waals surface area (Å²) in [6.07, 6.45) is -0.522. The molecule has 1 aromatic carbocycles. The number of anilines is 1. The Hall–Kier alpha value is -1.55. The summed E-state index contributed by atoms with van der Waals surface area (Å²) in [5.41, 5.74) is 1.66. The van der Waals surface area contributed by atoms with Crippen LogP contribution < -0.4 is 5.06 Å². The molecule has 1 amide bonds. The first-order chi connectivity index (χ1) is 7.20. The van der Waals surface area contributed by atoms with Crippen LogP contribution in [0.5, 0.6) is 0 Å². The van der Waals surface area contributed by atoms with Gasteiger partial charge in [-0.15, -0.1) is 0 Å². The number of ether oxygens (including phenoxy) is 1. The second-order valence-corrected chi connectivity index (χ2v) is 2.97. The highest BCUT2D eigenvalue weighted by molar-refractivity contribution is 5.86. The van der Waals surface area contributed by atoms with Crippen LogP contribution >= 0.6 is 0 Å². The van der Waals surface area contributed by atoms with Gasteiger partial charge in [-0.3, -0.25) is 4.84 Å². The average molecular weight is 209 g/mol. The molecule has 0 saturated carbocycles. The Morgan fingerprint density at radius 1 is 1.40 bits per heavy atom. The van der Waals surface area contributed by atoms with Crippen LogP contribution in [0.15, 0.2) is 24.3 Å². The van der Waals surface area contributed by atoms with Crippen molar-refractivity contribution in [1.29, 1.82) is 0 Å². The zero-order chi connectivity index (χ0) is 11.3. The van der Waals surface area contributed by atoms with Gasteiger partial charge in [0, 0.05) is 0 Å². The van der Waals surface area contributed by atoms with Crippen molar-refractivity contribution >= 4 is 11.8 Å². The SMILES string of the molecule is CCON(C(=O)OC)c1ccccc1C. The van der Waals surface area contributed by atoms with Crippen LogP contribution in [-0.2, 0) is 9.57 Å². The summed E-state index contributed by atoms with van der Waals surface area (Å²) < 4.78 is 4.64. The van der Waals surface area contributed by atoms with Gasteiger partial charge in [-0.05, 0) is 25.5 Å². The average Bonchev–Trinajstić information content (AvgIpc) is 2.26. The van der Waals surface area contributed by atoms with Gasteiger partial charge in [0.1, 0.15) is 0 Å². The van der Waals surface area contributed by atoms with Gasteiger partial charge in [0.05, 0.1) is 19.4 Å². The maximum absolute atomic E-state index is 11.4. The van der Waals surface area contributed by atoms with E-state index in [2.05, 4.69) is 4.74 Å². The van der Waals surface area contributed by atoms with E-state index in [9.17, 15) is 4.79 Å². The Labute approximate surface area is 89.4 Å². The van der Waals surface area contributed by atoms with Crippen molar-refractivity contribution in [2.24, 2.45) is 0 Å². The number of rotatable bonds is 3. The van der Waals surface area contributed by atoms with Crippen LogP contribution in [0.1, 0.15) is 12.5 Å². The van der Waals surface area contributed by atoms with Gasteiger partial charge in [-0.2, -0.15) is 5.06 Å². The molecule has 0 aromatic heterocycles. The lowest BCUT2D eigenvalue weighted by molar-refractivity contribution is 0.0921. The van der Waals surface area contributed by atoms with Crippen molar-refractivity contribution < 1.29 is 14.4 Å². The predicted octanol–water partition coefficient (Wildman–Crippen LogP) is 2.52. The summed E-state index contributed by atoms with van der Waals surface area (Å²) >= 11 is 0. The number of hydrogen-bond donors (Lipinski definition) is 0. The van der Waals surface area contributed by atoms with Gasteiger partial charge in [0.25, 0.3) is 0 Å². The molecule has 82 valence electrons. The van der Waals surface area contributed by atoms with E-state index in [1.54, 1.807) is 0 Å². The Morgan fingerprint density at radius 2 is 2.07 bits per heavy atom. The summed E-state index contributed by atoms with van der Waals surface area (Å²) in [4.78, 5) is 16.7. The zero-order valence-corrected chi connectivity index (χ0v) is 9.19. The molecule has 0 aliphatic rings. The number of aryl methyl sites for hydroxylation is 1. The number of nitrogens with zero attached hydrogens (tertiary/aromatic N) is 1. The number of amides is 1. The van der Waals surface area contributed by atoms with Crippen LogP contribution in [0.25, 0.3) is 0 Å². The fourth-order valence-electron chi connectivity index (χ4n) is 1.22. The molecule has 0 saturated heterocycles. The lowest BCUT2D eigenvalue weighted by atomic mass is 10.2. The summed E-state index contributed by atoms with van der Waals surface area (Å²) in [6, 6.07) is 7.46. The highest BCUT2D eigenvalue weighted by atomic mass is 16.7. The molecule has 4 nitrogen and oxygen atoms in total. The van der Waals surface area contributed by atoms with Gasteiger partial charge >= 0.3 is 6.09 Å². The molecular weight excluding hydrogens is 194 g/mol. The number of benzene rings is 1. The Balaban J connectivity index is 2.98. The van der Waals surface area contributed by atoms with Gasteiger partial charge in [-0.25, -0.2) is 4.79 Å². The van der Waals surface area contributed by atoms with E-state index in [0.29, 0.717) is 12.3 Å². The number of carbonyl (C=O) groups excluding carboxylic acids is 1. The number of methoxy groups -OCH3 is 1. The van der Waals surface area contributed by atoms with Crippen LogP contribution in [0.2, 0.25) is 0 Å². The maximum atomic E-state index is 11.4. The molecule has 0 atom stereocenters. The van der Waals surface area contributed by atoms with E-state index in [4.69, 9.17) is 4.84 Å². The van der Waals surface area contributed by atoms with E-state index in [0.717, 1.165) is 10.6 Å². The molecule has 0 spiro atoms. The Morgan fingerprint density at radius 3 is 2.60 bits per heavy atom. The molecule has 0 bridgehead atoms. The van der Waals surface area contributed by atoms with E-state index in [1.807, 2.05) is 38.1 Å². The molecule has 15 heavy (non-hydrogen) atoms. The summed E-state index contributed by atoms with van der Waals surface area (Å²) in [5, 5.41) is 1.16. The Kier molecular flexibility index (Phi) is 4.12. The van der Waals surface area contributed by atoms with Gasteiger partial charge in [-0.1, -0.05) is 18.2 Å². The minimum absolute atomic E-state index is 0.406. The molecule has 0 fully saturated rings. The molecule has 0 unspecified atom stereocenters. The fourth-order valence-corrected chi connectivity index (χ4v) is 1.22. The lowest BCUT2D eigenvalue weighted by Crippen LogP contribution is -2.31. The highest BCUT2D eigenvalue weighted by Gasteiger charge is 2.18. The molecule has 1 rings (SSSR count). The van der Waals surface area contributed by atoms with Crippen molar-refractivity contribution in [1.82, 2.24) is 0 Å². The molecule has 0 N–H and O–H groups in total. The molecule has 4 heteroatoms. The van der Waals surface area contributed by atoms with Crippen LogP contribution in [-0.4, -0.2) is 19.8 Å². The maximum Gasteiger partial charge on any atom is 0.438 e. The minimum Gasteiger partial charge on any atom is -0.451 e. The van der Waals surface area contributed by atoms with Crippen LogP contribution in [0.4, 0.5) is 10.5 Å². The fraction of sp³-hybridized carbons (Fsp3) is 0.364. The monoisotopic (exact) mass is 209 g/mol. The van der Waals surface area contributed by atoms with Gasteiger partial charge < -0.3 is 4.74 Å². The molecule has 0 radical (unpaired) electrons. The van der Waals surface area contributed by atoms with Crippen molar-refractivity contribution in [2.75, 3.05) is 18.8 Å². The van der Waals surface area contributed by atoms with Crippen molar-refractivity contribution in [3.63, 3.8) is 0 Å². The smallest absolute Gasteiger partial charge is 0.438 e. The zero-order valence-electron chi connectivity index (χ0n) is 9.19. The topological polar surface area (TPSA) is 38.8 Å². The van der Waals surface area contributed by atoms with Crippen molar-refractivity contribution in [3.8, 4) is 0 Å². The molecule has 0 heterocycles. The first-order valence-electron chi connectivity index (χ1n) is 4.77. The molecule has 1 aromatic rings. The molecule has 0 aliphatic carbocycles. The Bertz CT molecular complexity index is 338. The third-order valence-electron chi connectivity index (χ3n) is 1.93. The van der Waals surface area contributed by atoms with E-state index < -0.39 is 6.09 Å². The van der Waals surface area contributed by atoms with E-state index in [1.165, 1.54) is 7.11 Å². The first kappa shape index (κ1) is 11.5. The first-order valence-corrected chi connectivity index (χ1v) is 4.77. The third-order valence-corrected chi connectivity index (χ3v) is 1.93. The van der Waals surface area contributed by atoms with Crippen molar-refractivity contribution in [3.05, 3.63) is 29.8 Å². The number of para-hydroxylation sites is 1. The minimum atomic E-state index is -0.522. The van der Waals surface area contributed by atoms with Crippen molar-refractivity contribution in [2.45, 2.75) is 13.8 Å². The second kappa shape index (κ2) is 5.36. The van der Waals surface area contributed by atoms with Crippen LogP contribution in [0, 0.1) is 6.92 Å². The molecule has 0 aliphatic heterocycles. The predicted molar refractivity (Wildman–Crippen MR) is 57.7 cm³/mol. The number of carbonyl (C=O) groups is 1. The largest absolute Gasteiger partial charge is 0.451 e. The van der Waals surface area contributed by atoms with Crippen LogP contribution in [0.3, 0.4) is 0 Å². The standard InChI is InChI=1S/C11H15NO3/c1-4-15-12(11(13)14-3)10-8-6-5-7-9(10)2/h5-8H,4H2,1-3H3. The second-order valence-electron chi connectivity index (χ2n) is 2.97. The van der Waals surface area contributed by atoms with E-state index >= 15 is 0 Å². The van der Waals surface area contributed by atoms with E-state index in [-0.39, 0.29) is 0 Å². The summed E-state index contributed by atoms with van der Waals surface area (Å²) in [5.74, 6) is 0. The van der Waals surface area contributed by atoms with Gasteiger partial charge in [0.2, 0.25) is 0 Å².